The minimum Gasteiger partial charge on any atom is -0.337 e. The molecule has 2 heterocycles. The van der Waals surface area contributed by atoms with Crippen molar-refractivity contribution in [3.8, 4) is 0 Å². The van der Waals surface area contributed by atoms with E-state index in [2.05, 4.69) is 11.9 Å². The van der Waals surface area contributed by atoms with Crippen molar-refractivity contribution in [3.63, 3.8) is 0 Å². The Bertz CT molecular complexity index is 889. The van der Waals surface area contributed by atoms with Crippen molar-refractivity contribution in [2.75, 3.05) is 13.1 Å². The number of carbonyl (C=O) groups is 1. The van der Waals surface area contributed by atoms with Crippen molar-refractivity contribution in [3.05, 3.63) is 59.7 Å². The maximum absolute atomic E-state index is 13.0. The third-order valence-corrected chi connectivity index (χ3v) is 6.27. The van der Waals surface area contributed by atoms with E-state index in [9.17, 15) is 17.6 Å². The fourth-order valence-electron chi connectivity index (χ4n) is 2.97. The zero-order valence-corrected chi connectivity index (χ0v) is 15.4. The van der Waals surface area contributed by atoms with E-state index in [1.807, 2.05) is 0 Å². The molecule has 1 aliphatic heterocycles. The number of hydrogen-bond donors (Lipinski definition) is 0. The first-order valence-electron chi connectivity index (χ1n) is 8.59. The Kier molecular flexibility index (Phi) is 5.36. The third kappa shape index (κ3) is 4.27. The summed E-state index contributed by atoms with van der Waals surface area (Å²) in [5, 5.41) is 0. The summed E-state index contributed by atoms with van der Waals surface area (Å²) in [7, 11) is -3.66. The van der Waals surface area contributed by atoms with Crippen LogP contribution in [0, 0.1) is 11.7 Å². The average molecular weight is 376 g/mol. The lowest BCUT2D eigenvalue weighted by Gasteiger charge is -2.30. The molecule has 0 saturated carbocycles. The second-order valence-corrected chi connectivity index (χ2v) is 8.69. The number of benzene rings is 1. The summed E-state index contributed by atoms with van der Waals surface area (Å²) in [4.78, 5) is 18.6. The maximum Gasteiger partial charge on any atom is 0.272 e. The lowest BCUT2D eigenvalue weighted by Crippen LogP contribution is -2.38. The number of piperidine rings is 1. The molecule has 0 atom stereocenters. The SMILES string of the molecule is CC1CCN(C(=O)c2cccc(CS(=O)(=O)c3ccc(F)cc3)n2)CC1. The Labute approximate surface area is 152 Å². The monoisotopic (exact) mass is 376 g/mol. The normalized spacial score (nSPS) is 15.8. The number of rotatable bonds is 4. The predicted octanol–water partition coefficient (Wildman–Crippen LogP) is 3.07. The summed E-state index contributed by atoms with van der Waals surface area (Å²) >= 11 is 0. The van der Waals surface area contributed by atoms with Crippen LogP contribution in [-0.2, 0) is 15.6 Å². The van der Waals surface area contributed by atoms with Crippen molar-refractivity contribution in [2.45, 2.75) is 30.4 Å². The zero-order chi connectivity index (χ0) is 18.7. The van der Waals surface area contributed by atoms with E-state index in [0.717, 1.165) is 25.0 Å². The minimum atomic E-state index is -3.66. The lowest BCUT2D eigenvalue weighted by atomic mass is 9.99. The number of carbonyl (C=O) groups excluding carboxylic acids is 1. The van der Waals surface area contributed by atoms with E-state index in [0.29, 0.717) is 24.7 Å². The van der Waals surface area contributed by atoms with Gasteiger partial charge in [-0.1, -0.05) is 13.0 Å². The number of pyridine rings is 1. The Hall–Kier alpha value is -2.28. The van der Waals surface area contributed by atoms with Crippen LogP contribution < -0.4 is 0 Å². The molecular formula is C19H21FN2O3S. The van der Waals surface area contributed by atoms with E-state index in [1.165, 1.54) is 12.1 Å². The number of likely N-dealkylation sites (tertiary alicyclic amines) is 1. The Balaban J connectivity index is 1.77. The molecule has 1 amide bonds. The standard InChI is InChI=1S/C19H21FN2O3S/c1-14-9-11-22(12-10-14)19(23)18-4-2-3-16(21-18)13-26(24,25)17-7-5-15(20)6-8-17/h2-8,14H,9-13H2,1H3. The molecular weight excluding hydrogens is 355 g/mol. The molecule has 0 radical (unpaired) electrons. The molecule has 2 aromatic rings. The number of nitrogens with zero attached hydrogens (tertiary/aromatic N) is 2. The summed E-state index contributed by atoms with van der Waals surface area (Å²) in [6, 6.07) is 9.51. The fourth-order valence-corrected chi connectivity index (χ4v) is 4.24. The molecule has 1 aromatic carbocycles. The van der Waals surface area contributed by atoms with Gasteiger partial charge < -0.3 is 4.90 Å². The van der Waals surface area contributed by atoms with Crippen LogP contribution in [0.25, 0.3) is 0 Å². The van der Waals surface area contributed by atoms with Gasteiger partial charge in [0.1, 0.15) is 11.5 Å². The molecule has 0 unspecified atom stereocenters. The van der Waals surface area contributed by atoms with Gasteiger partial charge in [-0.15, -0.1) is 0 Å². The molecule has 26 heavy (non-hydrogen) atoms. The highest BCUT2D eigenvalue weighted by Crippen LogP contribution is 2.19. The summed E-state index contributed by atoms with van der Waals surface area (Å²) in [6.45, 7) is 3.56. The van der Waals surface area contributed by atoms with Gasteiger partial charge in [-0.3, -0.25) is 4.79 Å². The first-order valence-corrected chi connectivity index (χ1v) is 10.2. The van der Waals surface area contributed by atoms with Crippen LogP contribution in [0.2, 0.25) is 0 Å². The van der Waals surface area contributed by atoms with Crippen LogP contribution in [0.1, 0.15) is 35.9 Å². The fraction of sp³-hybridized carbons (Fsp3) is 0.368. The first-order chi connectivity index (χ1) is 12.3. The zero-order valence-electron chi connectivity index (χ0n) is 14.6. The van der Waals surface area contributed by atoms with Gasteiger partial charge in [-0.05, 0) is 55.2 Å². The van der Waals surface area contributed by atoms with E-state index < -0.39 is 15.7 Å². The molecule has 1 fully saturated rings. The molecule has 138 valence electrons. The van der Waals surface area contributed by atoms with E-state index in [1.54, 1.807) is 23.1 Å². The Morgan fingerprint density at radius 1 is 1.15 bits per heavy atom. The van der Waals surface area contributed by atoms with Crippen LogP contribution in [0.3, 0.4) is 0 Å². The van der Waals surface area contributed by atoms with Crippen molar-refractivity contribution in [2.24, 2.45) is 5.92 Å². The molecule has 0 aliphatic carbocycles. The average Bonchev–Trinajstić information content (AvgIpc) is 2.62. The summed E-state index contributed by atoms with van der Waals surface area (Å²) < 4.78 is 37.9. The highest BCUT2D eigenvalue weighted by Gasteiger charge is 2.23. The second kappa shape index (κ2) is 7.53. The van der Waals surface area contributed by atoms with Crippen LogP contribution >= 0.6 is 0 Å². The number of sulfone groups is 1. The predicted molar refractivity (Wildman–Crippen MR) is 95.8 cm³/mol. The lowest BCUT2D eigenvalue weighted by molar-refractivity contribution is 0.0691. The van der Waals surface area contributed by atoms with E-state index >= 15 is 0 Å². The second-order valence-electron chi connectivity index (χ2n) is 6.70. The Morgan fingerprint density at radius 3 is 2.46 bits per heavy atom. The molecule has 1 aliphatic rings. The molecule has 0 spiro atoms. The topological polar surface area (TPSA) is 67.3 Å². The minimum absolute atomic E-state index is 0.0300. The largest absolute Gasteiger partial charge is 0.337 e. The summed E-state index contributed by atoms with van der Waals surface area (Å²) in [5.74, 6) is -0.390. The third-order valence-electron chi connectivity index (χ3n) is 4.61. The Morgan fingerprint density at radius 2 is 1.81 bits per heavy atom. The van der Waals surface area contributed by atoms with Gasteiger partial charge in [0.25, 0.3) is 5.91 Å². The molecule has 5 nitrogen and oxygen atoms in total. The quantitative estimate of drug-likeness (QED) is 0.769. The number of aromatic nitrogens is 1. The molecule has 3 rings (SSSR count). The summed E-state index contributed by atoms with van der Waals surface area (Å²) in [5.41, 5.74) is 0.553. The van der Waals surface area contributed by atoms with Crippen LogP contribution in [0.5, 0.6) is 0 Å². The van der Waals surface area contributed by atoms with E-state index in [-0.39, 0.29) is 22.2 Å². The van der Waals surface area contributed by atoms with Gasteiger partial charge >= 0.3 is 0 Å². The maximum atomic E-state index is 13.0. The van der Waals surface area contributed by atoms with Crippen LogP contribution in [0.15, 0.2) is 47.4 Å². The number of amides is 1. The van der Waals surface area contributed by atoms with Crippen molar-refractivity contribution >= 4 is 15.7 Å². The smallest absolute Gasteiger partial charge is 0.272 e. The van der Waals surface area contributed by atoms with Crippen molar-refractivity contribution in [1.29, 1.82) is 0 Å². The van der Waals surface area contributed by atoms with Gasteiger partial charge in [0.2, 0.25) is 0 Å². The molecule has 7 heteroatoms. The van der Waals surface area contributed by atoms with Gasteiger partial charge in [0.15, 0.2) is 9.84 Å². The summed E-state index contributed by atoms with van der Waals surface area (Å²) in [6.07, 6.45) is 1.93. The van der Waals surface area contributed by atoms with Gasteiger partial charge in [0.05, 0.1) is 16.3 Å². The molecule has 1 saturated heterocycles. The van der Waals surface area contributed by atoms with E-state index in [4.69, 9.17) is 0 Å². The number of halogens is 1. The first kappa shape index (κ1) is 18.5. The van der Waals surface area contributed by atoms with Gasteiger partial charge in [-0.2, -0.15) is 0 Å². The van der Waals surface area contributed by atoms with Gasteiger partial charge in [-0.25, -0.2) is 17.8 Å². The number of hydrogen-bond acceptors (Lipinski definition) is 4. The van der Waals surface area contributed by atoms with Crippen LogP contribution in [0.4, 0.5) is 4.39 Å². The molecule has 0 bridgehead atoms. The highest BCUT2D eigenvalue weighted by atomic mass is 32.2. The molecule has 0 N–H and O–H groups in total. The van der Waals surface area contributed by atoms with Gasteiger partial charge in [0, 0.05) is 13.1 Å². The van der Waals surface area contributed by atoms with Crippen molar-refractivity contribution < 1.29 is 17.6 Å². The molecule has 1 aromatic heterocycles. The van der Waals surface area contributed by atoms with Crippen LogP contribution in [-0.4, -0.2) is 37.3 Å². The highest BCUT2D eigenvalue weighted by molar-refractivity contribution is 7.90. The van der Waals surface area contributed by atoms with Crippen molar-refractivity contribution in [1.82, 2.24) is 9.88 Å².